The van der Waals surface area contributed by atoms with Gasteiger partial charge in [-0.3, -0.25) is 9.69 Å². The van der Waals surface area contributed by atoms with Gasteiger partial charge >= 0.3 is 0 Å². The van der Waals surface area contributed by atoms with Gasteiger partial charge in [0.2, 0.25) is 0 Å². The Morgan fingerprint density at radius 2 is 2.11 bits per heavy atom. The van der Waals surface area contributed by atoms with Crippen LogP contribution in [0, 0.1) is 17.8 Å². The number of piperidine rings is 2. The molecule has 5 atom stereocenters. The van der Waals surface area contributed by atoms with Crippen molar-refractivity contribution in [1.82, 2.24) is 4.90 Å². The zero-order valence-corrected chi connectivity index (χ0v) is 11.9. The van der Waals surface area contributed by atoms with Gasteiger partial charge < -0.3 is 5.11 Å². The zero-order valence-electron chi connectivity index (χ0n) is 11.9. The maximum absolute atomic E-state index is 12.6. The number of rotatable bonds is 0. The molecular weight excluding hydrogens is 238 g/mol. The molecule has 0 aromatic carbocycles. The molecule has 4 aliphatic rings. The second kappa shape index (κ2) is 3.82. The highest BCUT2D eigenvalue weighted by molar-refractivity contribution is 5.85. The van der Waals surface area contributed by atoms with Crippen LogP contribution in [0.1, 0.15) is 51.9 Å². The fraction of sp³-hybridized carbons (Fsp3) is 0.938. The van der Waals surface area contributed by atoms with Crippen molar-refractivity contribution >= 4 is 5.78 Å². The molecular formula is C16H25NO2. The number of carbonyl (C=O) groups excluding carboxylic acids is 1. The van der Waals surface area contributed by atoms with E-state index in [2.05, 4.69) is 11.8 Å². The molecule has 2 aliphatic heterocycles. The first kappa shape index (κ1) is 12.3. The van der Waals surface area contributed by atoms with E-state index < -0.39 is 5.60 Å². The van der Waals surface area contributed by atoms with Crippen LogP contribution < -0.4 is 0 Å². The van der Waals surface area contributed by atoms with Crippen LogP contribution in [-0.2, 0) is 4.79 Å². The SMILES string of the molecule is C[C@H]1C[C@@H]2CC(=O)[C@H]3CCCN4CCC[C@]2(O)[C@]34C1. The quantitative estimate of drug-likeness (QED) is 0.726. The van der Waals surface area contributed by atoms with Crippen LogP contribution in [0.5, 0.6) is 0 Å². The fourth-order valence-electron chi connectivity index (χ4n) is 6.15. The minimum atomic E-state index is -0.573. The van der Waals surface area contributed by atoms with E-state index in [0.717, 1.165) is 51.6 Å². The topological polar surface area (TPSA) is 40.5 Å². The summed E-state index contributed by atoms with van der Waals surface area (Å²) < 4.78 is 0. The molecule has 4 fully saturated rings. The number of Topliss-reactive ketones (excluding diaryl/α,β-unsaturated/α-hetero) is 1. The number of aliphatic hydroxyl groups is 1. The number of hydrogen-bond donors (Lipinski definition) is 1. The molecule has 1 N–H and O–H groups in total. The highest BCUT2D eigenvalue weighted by atomic mass is 16.3. The van der Waals surface area contributed by atoms with E-state index in [1.54, 1.807) is 0 Å². The van der Waals surface area contributed by atoms with Crippen molar-refractivity contribution in [2.24, 2.45) is 17.8 Å². The first-order valence-corrected chi connectivity index (χ1v) is 8.08. The van der Waals surface area contributed by atoms with E-state index in [-0.39, 0.29) is 17.4 Å². The van der Waals surface area contributed by atoms with Crippen LogP contribution in [0.15, 0.2) is 0 Å². The van der Waals surface area contributed by atoms with Crippen molar-refractivity contribution in [1.29, 1.82) is 0 Å². The monoisotopic (exact) mass is 263 g/mol. The molecule has 0 aromatic rings. The third kappa shape index (κ3) is 1.33. The predicted molar refractivity (Wildman–Crippen MR) is 72.7 cm³/mol. The van der Waals surface area contributed by atoms with Crippen molar-refractivity contribution in [2.75, 3.05) is 13.1 Å². The fourth-order valence-corrected chi connectivity index (χ4v) is 6.15. The van der Waals surface area contributed by atoms with Gasteiger partial charge in [0.1, 0.15) is 5.78 Å². The van der Waals surface area contributed by atoms with E-state index in [4.69, 9.17) is 0 Å². The molecule has 0 aromatic heterocycles. The Labute approximate surface area is 115 Å². The summed E-state index contributed by atoms with van der Waals surface area (Å²) in [6.45, 7) is 4.49. The van der Waals surface area contributed by atoms with E-state index in [9.17, 15) is 9.90 Å². The molecule has 0 amide bonds. The summed E-state index contributed by atoms with van der Waals surface area (Å²) in [6, 6.07) is 0. The standard InChI is InChI=1S/C16H25NO2/c1-11-8-12-9-14(18)13-4-2-6-17-7-3-5-16(12,19)15(13,17)10-11/h11-13,19H,2-10H2,1H3/t11-,12+,13+,15-,16+/m0/s1. The third-order valence-electron chi connectivity index (χ3n) is 6.66. The van der Waals surface area contributed by atoms with Crippen LogP contribution in [0.25, 0.3) is 0 Å². The van der Waals surface area contributed by atoms with Crippen LogP contribution >= 0.6 is 0 Å². The maximum Gasteiger partial charge on any atom is 0.138 e. The van der Waals surface area contributed by atoms with Gasteiger partial charge in [-0.25, -0.2) is 0 Å². The Morgan fingerprint density at radius 1 is 1.32 bits per heavy atom. The lowest BCUT2D eigenvalue weighted by Gasteiger charge is -2.69. The summed E-state index contributed by atoms with van der Waals surface area (Å²) in [5.41, 5.74) is -0.766. The van der Waals surface area contributed by atoms with Crippen LogP contribution in [0.2, 0.25) is 0 Å². The molecule has 3 heteroatoms. The molecule has 19 heavy (non-hydrogen) atoms. The first-order chi connectivity index (χ1) is 9.08. The van der Waals surface area contributed by atoms with Crippen LogP contribution in [0.4, 0.5) is 0 Å². The lowest BCUT2D eigenvalue weighted by Crippen LogP contribution is -2.79. The van der Waals surface area contributed by atoms with E-state index >= 15 is 0 Å². The molecule has 106 valence electrons. The van der Waals surface area contributed by atoms with Crippen molar-refractivity contribution in [3.8, 4) is 0 Å². The highest BCUT2D eigenvalue weighted by Gasteiger charge is 2.69. The number of hydrogen-bond acceptors (Lipinski definition) is 3. The zero-order chi connectivity index (χ0) is 13.3. The minimum Gasteiger partial charge on any atom is -0.388 e. The second-order valence-corrected chi connectivity index (χ2v) is 7.55. The lowest BCUT2D eigenvalue weighted by molar-refractivity contribution is -0.249. The van der Waals surface area contributed by atoms with Gasteiger partial charge in [0.25, 0.3) is 0 Å². The van der Waals surface area contributed by atoms with E-state index in [0.29, 0.717) is 18.1 Å². The van der Waals surface area contributed by atoms with Crippen molar-refractivity contribution in [3.05, 3.63) is 0 Å². The van der Waals surface area contributed by atoms with Gasteiger partial charge in [0, 0.05) is 12.3 Å². The first-order valence-electron chi connectivity index (χ1n) is 8.08. The molecule has 2 bridgehead atoms. The molecule has 2 saturated carbocycles. The largest absolute Gasteiger partial charge is 0.388 e. The lowest BCUT2D eigenvalue weighted by atomic mass is 9.46. The van der Waals surface area contributed by atoms with Gasteiger partial charge in [-0.2, -0.15) is 0 Å². The summed E-state index contributed by atoms with van der Waals surface area (Å²) in [7, 11) is 0. The molecule has 3 nitrogen and oxygen atoms in total. The highest BCUT2D eigenvalue weighted by Crippen LogP contribution is 2.61. The van der Waals surface area contributed by atoms with Gasteiger partial charge in [-0.05, 0) is 63.5 Å². The minimum absolute atomic E-state index is 0.116. The van der Waals surface area contributed by atoms with Crippen LogP contribution in [0.3, 0.4) is 0 Å². The van der Waals surface area contributed by atoms with Crippen molar-refractivity contribution in [2.45, 2.75) is 63.0 Å². The Bertz CT molecular complexity index is 421. The van der Waals surface area contributed by atoms with E-state index in [1.807, 2.05) is 0 Å². The van der Waals surface area contributed by atoms with Gasteiger partial charge in [-0.15, -0.1) is 0 Å². The summed E-state index contributed by atoms with van der Waals surface area (Å²) >= 11 is 0. The van der Waals surface area contributed by atoms with Gasteiger partial charge in [0.05, 0.1) is 11.1 Å². The van der Waals surface area contributed by atoms with Crippen LogP contribution in [-0.4, -0.2) is 40.0 Å². The summed E-state index contributed by atoms with van der Waals surface area (Å²) in [6.07, 6.45) is 6.89. The Kier molecular flexibility index (Phi) is 2.48. The third-order valence-corrected chi connectivity index (χ3v) is 6.66. The molecule has 1 spiro atoms. The molecule has 2 saturated heterocycles. The van der Waals surface area contributed by atoms with Gasteiger partial charge in [-0.1, -0.05) is 6.92 Å². The maximum atomic E-state index is 12.6. The normalized spacial score (nSPS) is 53.8. The summed E-state index contributed by atoms with van der Waals surface area (Å²) in [4.78, 5) is 15.1. The van der Waals surface area contributed by atoms with E-state index in [1.165, 1.54) is 0 Å². The number of nitrogens with zero attached hydrogens (tertiary/aromatic N) is 1. The average molecular weight is 263 g/mol. The van der Waals surface area contributed by atoms with Gasteiger partial charge in [0.15, 0.2) is 0 Å². The van der Waals surface area contributed by atoms with Crippen molar-refractivity contribution < 1.29 is 9.90 Å². The Balaban J connectivity index is 1.89. The smallest absolute Gasteiger partial charge is 0.138 e. The second-order valence-electron chi connectivity index (χ2n) is 7.55. The summed E-state index contributed by atoms with van der Waals surface area (Å²) in [5, 5.41) is 11.5. The molecule has 4 rings (SSSR count). The molecule has 2 aliphatic carbocycles. The number of carbonyl (C=O) groups is 1. The molecule has 0 radical (unpaired) electrons. The summed E-state index contributed by atoms with van der Waals surface area (Å²) in [5.74, 6) is 1.44. The molecule has 0 unspecified atom stereocenters. The van der Waals surface area contributed by atoms with Crippen molar-refractivity contribution in [3.63, 3.8) is 0 Å². The Morgan fingerprint density at radius 3 is 2.95 bits per heavy atom. The predicted octanol–water partition coefficient (Wildman–Crippen LogP) is 1.98. The number of ketones is 1. The molecule has 2 heterocycles. The average Bonchev–Trinajstić information content (AvgIpc) is 2.35. The Hall–Kier alpha value is -0.410.